The monoisotopic (exact) mass is 344 g/mol. The number of benzene rings is 1. The van der Waals surface area contributed by atoms with Gasteiger partial charge < -0.3 is 5.32 Å². The van der Waals surface area contributed by atoms with Gasteiger partial charge in [0, 0.05) is 11.6 Å². The molecule has 7 heteroatoms. The van der Waals surface area contributed by atoms with Gasteiger partial charge in [-0.3, -0.25) is 4.79 Å². The summed E-state index contributed by atoms with van der Waals surface area (Å²) < 4.78 is 26.0. The summed E-state index contributed by atoms with van der Waals surface area (Å²) in [6.07, 6.45) is 4.36. The first-order valence-corrected chi connectivity index (χ1v) is 9.25. The third kappa shape index (κ3) is 3.80. The number of nitrogens with one attached hydrogen (secondary N) is 2. The van der Waals surface area contributed by atoms with Crippen molar-refractivity contribution < 1.29 is 13.2 Å². The molecule has 22 heavy (non-hydrogen) atoms. The molecule has 5 nitrogen and oxygen atoms in total. The van der Waals surface area contributed by atoms with E-state index < -0.39 is 10.0 Å². The van der Waals surface area contributed by atoms with Crippen molar-refractivity contribution in [1.82, 2.24) is 10.0 Å². The predicted octanol–water partition coefficient (Wildman–Crippen LogP) is 2.56. The molecule has 0 saturated heterocycles. The van der Waals surface area contributed by atoms with Crippen molar-refractivity contribution in [3.8, 4) is 0 Å². The molecule has 1 aromatic rings. The number of hydrogen-bond acceptors (Lipinski definition) is 3. The lowest BCUT2D eigenvalue weighted by atomic mass is 9.86. The van der Waals surface area contributed by atoms with E-state index in [0.29, 0.717) is 11.5 Å². The highest BCUT2D eigenvalue weighted by molar-refractivity contribution is 7.89. The zero-order valence-electron chi connectivity index (χ0n) is 12.7. The van der Waals surface area contributed by atoms with Gasteiger partial charge in [-0.15, -0.1) is 0 Å². The molecule has 0 heterocycles. The number of halogens is 1. The van der Waals surface area contributed by atoms with Crippen LogP contribution in [0.5, 0.6) is 0 Å². The maximum absolute atomic E-state index is 12.4. The van der Waals surface area contributed by atoms with E-state index in [0.717, 1.165) is 19.3 Å². The Morgan fingerprint density at radius 1 is 1.27 bits per heavy atom. The standard InChI is InChI=1S/C15H21ClN2O3S/c1-10-5-3-4-6-13(10)18-15(19)11-7-8-12(16)14(9-11)22(20,21)17-2/h7-10,13,17H,3-6H2,1-2H3,(H,18,19)/t10-,13+/m0/s1. The molecule has 0 bridgehead atoms. The van der Waals surface area contributed by atoms with Gasteiger partial charge in [0.1, 0.15) is 4.90 Å². The number of carbonyl (C=O) groups is 1. The second-order valence-electron chi connectivity index (χ2n) is 5.69. The second kappa shape index (κ2) is 6.98. The second-order valence-corrected chi connectivity index (χ2v) is 7.96. The van der Waals surface area contributed by atoms with Gasteiger partial charge in [0.15, 0.2) is 0 Å². The first-order chi connectivity index (χ1) is 10.3. The van der Waals surface area contributed by atoms with Crippen molar-refractivity contribution in [1.29, 1.82) is 0 Å². The summed E-state index contributed by atoms with van der Waals surface area (Å²) in [6, 6.07) is 4.43. The minimum absolute atomic E-state index is 0.0824. The first-order valence-electron chi connectivity index (χ1n) is 7.39. The van der Waals surface area contributed by atoms with E-state index >= 15 is 0 Å². The molecular weight excluding hydrogens is 324 g/mol. The van der Waals surface area contributed by atoms with Gasteiger partial charge in [0.05, 0.1) is 5.02 Å². The van der Waals surface area contributed by atoms with Crippen molar-refractivity contribution in [2.45, 2.75) is 43.5 Å². The van der Waals surface area contributed by atoms with E-state index in [1.54, 1.807) is 6.07 Å². The summed E-state index contributed by atoms with van der Waals surface area (Å²) in [5, 5.41) is 3.10. The molecule has 1 aliphatic rings. The minimum atomic E-state index is -3.69. The van der Waals surface area contributed by atoms with Crippen molar-refractivity contribution in [2.75, 3.05) is 7.05 Å². The number of carbonyl (C=O) groups excluding carboxylic acids is 1. The van der Waals surface area contributed by atoms with E-state index in [2.05, 4.69) is 17.0 Å². The summed E-state index contributed by atoms with van der Waals surface area (Å²) in [7, 11) is -2.38. The smallest absolute Gasteiger partial charge is 0.251 e. The molecule has 1 aliphatic carbocycles. The normalized spacial score (nSPS) is 22.3. The lowest BCUT2D eigenvalue weighted by molar-refractivity contribution is 0.0910. The van der Waals surface area contributed by atoms with Crippen LogP contribution >= 0.6 is 11.6 Å². The van der Waals surface area contributed by atoms with Gasteiger partial charge in [0.2, 0.25) is 10.0 Å². The van der Waals surface area contributed by atoms with E-state index in [9.17, 15) is 13.2 Å². The minimum Gasteiger partial charge on any atom is -0.349 e. The molecule has 2 atom stereocenters. The molecule has 0 radical (unpaired) electrons. The molecule has 1 aromatic carbocycles. The zero-order chi connectivity index (χ0) is 16.3. The summed E-state index contributed by atoms with van der Waals surface area (Å²) in [5.41, 5.74) is 0.302. The Balaban J connectivity index is 2.22. The topological polar surface area (TPSA) is 75.3 Å². The van der Waals surface area contributed by atoms with Crippen LogP contribution in [-0.4, -0.2) is 27.4 Å². The van der Waals surface area contributed by atoms with Crippen LogP contribution in [0.4, 0.5) is 0 Å². The van der Waals surface area contributed by atoms with Gasteiger partial charge >= 0.3 is 0 Å². The molecule has 0 aromatic heterocycles. The molecule has 0 unspecified atom stereocenters. The first kappa shape index (κ1) is 17.2. The van der Waals surface area contributed by atoms with Crippen LogP contribution in [0.1, 0.15) is 43.0 Å². The van der Waals surface area contributed by atoms with E-state index in [4.69, 9.17) is 11.6 Å². The summed E-state index contributed by atoms with van der Waals surface area (Å²) in [4.78, 5) is 12.3. The van der Waals surface area contributed by atoms with Gasteiger partial charge in [-0.25, -0.2) is 13.1 Å². The SMILES string of the molecule is CNS(=O)(=O)c1cc(C(=O)N[C@@H]2CCCC[C@@H]2C)ccc1Cl. The van der Waals surface area contributed by atoms with Crippen LogP contribution in [0, 0.1) is 5.92 Å². The van der Waals surface area contributed by atoms with E-state index in [1.165, 1.54) is 25.6 Å². The molecule has 122 valence electrons. The average Bonchev–Trinajstić information content (AvgIpc) is 2.49. The van der Waals surface area contributed by atoms with Crippen LogP contribution in [-0.2, 0) is 10.0 Å². The predicted molar refractivity (Wildman–Crippen MR) is 86.6 cm³/mol. The Hall–Kier alpha value is -1.11. The fourth-order valence-electron chi connectivity index (χ4n) is 2.74. The maximum Gasteiger partial charge on any atom is 0.251 e. The summed E-state index contributed by atoms with van der Waals surface area (Å²) in [6.45, 7) is 2.13. The van der Waals surface area contributed by atoms with Gasteiger partial charge in [-0.2, -0.15) is 0 Å². The van der Waals surface area contributed by atoms with Gasteiger partial charge in [-0.05, 0) is 44.0 Å². The van der Waals surface area contributed by atoms with Crippen LogP contribution in [0.15, 0.2) is 23.1 Å². The molecule has 1 fully saturated rings. The fraction of sp³-hybridized carbons (Fsp3) is 0.533. The summed E-state index contributed by atoms with van der Waals surface area (Å²) >= 11 is 5.93. The van der Waals surface area contributed by atoms with Gasteiger partial charge in [0.25, 0.3) is 5.91 Å². The molecular formula is C15H21ClN2O3S. The lowest BCUT2D eigenvalue weighted by Gasteiger charge is -2.29. The Bertz CT molecular complexity index is 661. The van der Waals surface area contributed by atoms with Crippen LogP contribution in [0.3, 0.4) is 0 Å². The third-order valence-corrected chi connectivity index (χ3v) is 6.08. The molecule has 2 N–H and O–H groups in total. The zero-order valence-corrected chi connectivity index (χ0v) is 14.3. The van der Waals surface area contributed by atoms with E-state index in [1.807, 2.05) is 0 Å². The molecule has 0 aliphatic heterocycles. The average molecular weight is 345 g/mol. The molecule has 0 spiro atoms. The Labute approximate surface area is 136 Å². The van der Waals surface area contributed by atoms with Crippen molar-refractivity contribution in [3.63, 3.8) is 0 Å². The summed E-state index contributed by atoms with van der Waals surface area (Å²) in [5.74, 6) is 0.175. The number of rotatable bonds is 4. The molecule has 1 amide bonds. The Morgan fingerprint density at radius 2 is 1.95 bits per heavy atom. The van der Waals surface area contributed by atoms with Crippen molar-refractivity contribution in [3.05, 3.63) is 28.8 Å². The Kier molecular flexibility index (Phi) is 5.47. The lowest BCUT2D eigenvalue weighted by Crippen LogP contribution is -2.41. The van der Waals surface area contributed by atoms with Crippen molar-refractivity contribution in [2.24, 2.45) is 5.92 Å². The highest BCUT2D eigenvalue weighted by Gasteiger charge is 2.24. The fourth-order valence-corrected chi connectivity index (χ4v) is 3.99. The van der Waals surface area contributed by atoms with Crippen LogP contribution < -0.4 is 10.0 Å². The number of hydrogen-bond donors (Lipinski definition) is 2. The van der Waals surface area contributed by atoms with Crippen LogP contribution in [0.25, 0.3) is 0 Å². The number of amides is 1. The third-order valence-electron chi connectivity index (χ3n) is 4.18. The largest absolute Gasteiger partial charge is 0.349 e. The molecule has 1 saturated carbocycles. The number of sulfonamides is 1. The highest BCUT2D eigenvalue weighted by Crippen LogP contribution is 2.25. The van der Waals surface area contributed by atoms with Crippen molar-refractivity contribution >= 4 is 27.5 Å². The van der Waals surface area contributed by atoms with Crippen LogP contribution in [0.2, 0.25) is 5.02 Å². The maximum atomic E-state index is 12.4. The Morgan fingerprint density at radius 3 is 2.59 bits per heavy atom. The van der Waals surface area contributed by atoms with Gasteiger partial charge in [-0.1, -0.05) is 31.4 Å². The quantitative estimate of drug-likeness (QED) is 0.881. The highest BCUT2D eigenvalue weighted by atomic mass is 35.5. The van der Waals surface area contributed by atoms with E-state index in [-0.39, 0.29) is 21.9 Å². The molecule has 2 rings (SSSR count).